The molecule has 0 atom stereocenters. The fraction of sp³-hybridized carbons (Fsp3) is 0.769. The SMILES string of the molecule is CC1=C(C(=O)N2CCCCCCC2)S(=O)(=O)CCO1. The van der Waals surface area contributed by atoms with Crippen LogP contribution in [0.15, 0.2) is 10.7 Å². The molecule has 0 aliphatic carbocycles. The van der Waals surface area contributed by atoms with Gasteiger partial charge in [0.25, 0.3) is 5.91 Å². The van der Waals surface area contributed by atoms with Gasteiger partial charge < -0.3 is 9.64 Å². The molecule has 0 saturated carbocycles. The van der Waals surface area contributed by atoms with Gasteiger partial charge in [0.15, 0.2) is 14.7 Å². The van der Waals surface area contributed by atoms with Crippen LogP contribution in [0.25, 0.3) is 0 Å². The van der Waals surface area contributed by atoms with Gasteiger partial charge in [-0.3, -0.25) is 4.79 Å². The highest BCUT2D eigenvalue weighted by molar-refractivity contribution is 7.96. The van der Waals surface area contributed by atoms with Crippen LogP contribution >= 0.6 is 0 Å². The van der Waals surface area contributed by atoms with Crippen LogP contribution in [0.5, 0.6) is 0 Å². The zero-order valence-electron chi connectivity index (χ0n) is 11.4. The van der Waals surface area contributed by atoms with Crippen molar-refractivity contribution < 1.29 is 17.9 Å². The minimum Gasteiger partial charge on any atom is -0.496 e. The van der Waals surface area contributed by atoms with E-state index in [4.69, 9.17) is 4.74 Å². The first kappa shape index (κ1) is 14.4. The van der Waals surface area contributed by atoms with Crippen molar-refractivity contribution in [1.82, 2.24) is 4.90 Å². The van der Waals surface area contributed by atoms with Crippen LogP contribution in [0.3, 0.4) is 0 Å². The molecule has 6 heteroatoms. The van der Waals surface area contributed by atoms with Crippen LogP contribution in [0.4, 0.5) is 0 Å². The molecule has 1 fully saturated rings. The third kappa shape index (κ3) is 3.29. The standard InChI is InChI=1S/C13H21NO4S/c1-11-12(19(16,17)10-9-18-11)13(15)14-7-5-3-2-4-6-8-14/h2-10H2,1H3. The van der Waals surface area contributed by atoms with E-state index in [-0.39, 0.29) is 28.9 Å². The summed E-state index contributed by atoms with van der Waals surface area (Å²) in [6, 6.07) is 0. The highest BCUT2D eigenvalue weighted by Gasteiger charge is 2.34. The maximum absolute atomic E-state index is 12.5. The van der Waals surface area contributed by atoms with E-state index in [0.29, 0.717) is 13.1 Å². The summed E-state index contributed by atoms with van der Waals surface area (Å²) < 4.78 is 29.3. The Morgan fingerprint density at radius 3 is 2.26 bits per heavy atom. The maximum Gasteiger partial charge on any atom is 0.268 e. The van der Waals surface area contributed by atoms with Gasteiger partial charge in [-0.05, 0) is 19.8 Å². The van der Waals surface area contributed by atoms with E-state index in [9.17, 15) is 13.2 Å². The highest BCUT2D eigenvalue weighted by atomic mass is 32.2. The molecular formula is C13H21NO4S. The number of allylic oxidation sites excluding steroid dienone is 1. The number of carbonyl (C=O) groups excluding carboxylic acids is 1. The summed E-state index contributed by atoms with van der Waals surface area (Å²) in [4.78, 5) is 14.0. The lowest BCUT2D eigenvalue weighted by Gasteiger charge is -2.27. The van der Waals surface area contributed by atoms with Crippen molar-refractivity contribution >= 4 is 15.7 Å². The minimum atomic E-state index is -3.48. The summed E-state index contributed by atoms with van der Waals surface area (Å²) in [5, 5.41) is 0. The fourth-order valence-corrected chi connectivity index (χ4v) is 3.97. The third-order valence-corrected chi connectivity index (χ3v) is 5.43. The molecule has 0 bridgehead atoms. The summed E-state index contributed by atoms with van der Waals surface area (Å²) >= 11 is 0. The Kier molecular flexibility index (Phi) is 4.50. The molecule has 0 aromatic rings. The van der Waals surface area contributed by atoms with E-state index in [0.717, 1.165) is 25.7 Å². The number of sulfone groups is 1. The summed E-state index contributed by atoms with van der Waals surface area (Å²) in [6.07, 6.45) is 5.29. The Morgan fingerprint density at radius 2 is 1.68 bits per heavy atom. The normalized spacial score (nSPS) is 24.4. The van der Waals surface area contributed by atoms with Gasteiger partial charge in [-0.15, -0.1) is 0 Å². The van der Waals surface area contributed by atoms with E-state index >= 15 is 0 Å². The number of likely N-dealkylation sites (tertiary alicyclic amines) is 1. The van der Waals surface area contributed by atoms with Crippen LogP contribution in [0.1, 0.15) is 39.0 Å². The van der Waals surface area contributed by atoms with Gasteiger partial charge in [0.05, 0.1) is 5.75 Å². The molecular weight excluding hydrogens is 266 g/mol. The molecule has 108 valence electrons. The summed E-state index contributed by atoms with van der Waals surface area (Å²) in [7, 11) is -3.48. The Labute approximate surface area is 114 Å². The first-order valence-corrected chi connectivity index (χ1v) is 8.53. The van der Waals surface area contributed by atoms with Crippen molar-refractivity contribution in [2.45, 2.75) is 39.0 Å². The van der Waals surface area contributed by atoms with Crippen molar-refractivity contribution in [2.75, 3.05) is 25.4 Å². The average molecular weight is 287 g/mol. The smallest absolute Gasteiger partial charge is 0.268 e. The molecule has 0 unspecified atom stereocenters. The van der Waals surface area contributed by atoms with E-state index in [2.05, 4.69) is 0 Å². The molecule has 2 aliphatic rings. The zero-order chi connectivity index (χ0) is 13.9. The maximum atomic E-state index is 12.5. The second kappa shape index (κ2) is 5.94. The number of hydrogen-bond donors (Lipinski definition) is 0. The summed E-state index contributed by atoms with van der Waals surface area (Å²) in [5.74, 6) is -0.225. The predicted octanol–water partition coefficient (Wildman–Crippen LogP) is 1.46. The molecule has 0 aromatic heterocycles. The number of rotatable bonds is 1. The van der Waals surface area contributed by atoms with Gasteiger partial charge in [0.1, 0.15) is 12.4 Å². The molecule has 0 radical (unpaired) electrons. The van der Waals surface area contributed by atoms with E-state index in [1.165, 1.54) is 6.42 Å². The number of carbonyl (C=O) groups is 1. The van der Waals surface area contributed by atoms with Gasteiger partial charge >= 0.3 is 0 Å². The number of ether oxygens (including phenoxy) is 1. The van der Waals surface area contributed by atoms with Crippen molar-refractivity contribution in [3.8, 4) is 0 Å². The van der Waals surface area contributed by atoms with Crippen LogP contribution < -0.4 is 0 Å². The van der Waals surface area contributed by atoms with Gasteiger partial charge in [0.2, 0.25) is 0 Å². The first-order chi connectivity index (χ1) is 9.02. The predicted molar refractivity (Wildman–Crippen MR) is 72.1 cm³/mol. The highest BCUT2D eigenvalue weighted by Crippen LogP contribution is 2.23. The Bertz CT molecular complexity index is 473. The molecule has 0 N–H and O–H groups in total. The molecule has 0 spiro atoms. The summed E-state index contributed by atoms with van der Waals surface area (Å²) in [6.45, 7) is 3.00. The first-order valence-electron chi connectivity index (χ1n) is 6.88. The second-order valence-electron chi connectivity index (χ2n) is 5.11. The molecule has 1 amide bonds. The van der Waals surface area contributed by atoms with E-state index in [1.54, 1.807) is 11.8 Å². The van der Waals surface area contributed by atoms with Crippen LogP contribution in [-0.2, 0) is 19.4 Å². The monoisotopic (exact) mass is 287 g/mol. The lowest BCUT2D eigenvalue weighted by molar-refractivity contribution is -0.127. The average Bonchev–Trinajstić information content (AvgIpc) is 2.26. The summed E-state index contributed by atoms with van der Waals surface area (Å²) in [5.41, 5.74) is 0. The minimum absolute atomic E-state index is 0.0980. The lowest BCUT2D eigenvalue weighted by Crippen LogP contribution is -2.39. The van der Waals surface area contributed by atoms with Gasteiger partial charge in [-0.2, -0.15) is 0 Å². The van der Waals surface area contributed by atoms with Crippen LogP contribution in [-0.4, -0.2) is 44.7 Å². The van der Waals surface area contributed by atoms with Crippen molar-refractivity contribution in [2.24, 2.45) is 0 Å². The van der Waals surface area contributed by atoms with Crippen molar-refractivity contribution in [1.29, 1.82) is 0 Å². The van der Waals surface area contributed by atoms with Crippen molar-refractivity contribution in [3.05, 3.63) is 10.7 Å². The quantitative estimate of drug-likeness (QED) is 0.732. The Morgan fingerprint density at radius 1 is 1.11 bits per heavy atom. The van der Waals surface area contributed by atoms with Gasteiger partial charge in [0, 0.05) is 13.1 Å². The van der Waals surface area contributed by atoms with E-state index < -0.39 is 9.84 Å². The van der Waals surface area contributed by atoms with Gasteiger partial charge in [-0.1, -0.05) is 19.3 Å². The second-order valence-corrected chi connectivity index (χ2v) is 7.16. The number of hydrogen-bond acceptors (Lipinski definition) is 4. The van der Waals surface area contributed by atoms with Crippen LogP contribution in [0, 0.1) is 0 Å². The van der Waals surface area contributed by atoms with Gasteiger partial charge in [-0.25, -0.2) is 8.42 Å². The molecule has 5 nitrogen and oxygen atoms in total. The molecule has 1 saturated heterocycles. The topological polar surface area (TPSA) is 63.7 Å². The third-order valence-electron chi connectivity index (χ3n) is 3.64. The van der Waals surface area contributed by atoms with Crippen LogP contribution in [0.2, 0.25) is 0 Å². The van der Waals surface area contributed by atoms with E-state index in [1.807, 2.05) is 0 Å². The number of amides is 1. The number of nitrogens with zero attached hydrogens (tertiary/aromatic N) is 1. The van der Waals surface area contributed by atoms with Crippen molar-refractivity contribution in [3.63, 3.8) is 0 Å². The zero-order valence-corrected chi connectivity index (χ0v) is 12.2. The fourth-order valence-electron chi connectivity index (χ4n) is 2.57. The Balaban J connectivity index is 2.21. The molecule has 2 aliphatic heterocycles. The Hall–Kier alpha value is -1.04. The molecule has 2 rings (SSSR count). The largest absolute Gasteiger partial charge is 0.496 e. The molecule has 0 aromatic carbocycles. The molecule has 2 heterocycles. The lowest BCUT2D eigenvalue weighted by atomic mass is 10.1. The molecule has 19 heavy (non-hydrogen) atoms.